The molecule has 19 heavy (non-hydrogen) atoms. The second kappa shape index (κ2) is 5.70. The Morgan fingerprint density at radius 3 is 2.84 bits per heavy atom. The lowest BCUT2D eigenvalue weighted by atomic mass is 10.2. The highest BCUT2D eigenvalue weighted by atomic mass is 79.9. The summed E-state index contributed by atoms with van der Waals surface area (Å²) in [6, 6.07) is 5.17. The van der Waals surface area contributed by atoms with E-state index in [1.807, 2.05) is 6.92 Å². The number of benzene rings is 1. The number of carbonyl (C=O) groups excluding carboxylic acids is 1. The Morgan fingerprint density at radius 2 is 2.21 bits per heavy atom. The molecule has 0 spiro atoms. The van der Waals surface area contributed by atoms with Crippen molar-refractivity contribution in [1.82, 2.24) is 9.59 Å². The zero-order chi connectivity index (χ0) is 14.0. The van der Waals surface area contributed by atoms with Crippen molar-refractivity contribution in [2.45, 2.75) is 13.3 Å². The van der Waals surface area contributed by atoms with Gasteiger partial charge >= 0.3 is 0 Å². The molecule has 1 N–H and O–H groups in total. The van der Waals surface area contributed by atoms with Crippen molar-refractivity contribution in [1.29, 1.82) is 0 Å². The Bertz CT molecular complexity index is 618. The van der Waals surface area contributed by atoms with Crippen LogP contribution < -0.4 is 5.32 Å². The Hall–Kier alpha value is -1.41. The smallest absolute Gasteiger partial charge is 0.283 e. The van der Waals surface area contributed by atoms with Crippen molar-refractivity contribution in [3.63, 3.8) is 0 Å². The monoisotopic (exact) mass is 347 g/mol. The van der Waals surface area contributed by atoms with Gasteiger partial charge in [-0.15, -0.1) is 5.10 Å². The minimum absolute atomic E-state index is 0.171. The predicted octanol–water partition coefficient (Wildman–Crippen LogP) is 3.80. The van der Waals surface area contributed by atoms with Gasteiger partial charge in [0.15, 0.2) is 5.69 Å². The summed E-state index contributed by atoms with van der Waals surface area (Å²) >= 11 is 3.99. The average molecular weight is 348 g/mol. The molecule has 8 heteroatoms. The number of nitrogens with one attached hydrogen (secondary N) is 1. The van der Waals surface area contributed by atoms with Gasteiger partial charge in [-0.05, 0) is 42.2 Å². The van der Waals surface area contributed by atoms with Crippen LogP contribution >= 0.6 is 27.5 Å². The van der Waals surface area contributed by atoms with Crippen LogP contribution in [0, 0.1) is 6.92 Å². The number of rotatable bonds is 3. The fourth-order valence-corrected chi connectivity index (χ4v) is 2.22. The molecule has 1 amide bonds. The number of nitrogens with zero attached hydrogens (tertiary/aromatic N) is 2. The first-order valence-corrected chi connectivity index (χ1v) is 6.73. The number of carbonyl (C=O) groups is 1. The van der Waals surface area contributed by atoms with Crippen LogP contribution in [0.5, 0.6) is 0 Å². The van der Waals surface area contributed by atoms with Gasteiger partial charge in [-0.25, -0.2) is 8.78 Å². The van der Waals surface area contributed by atoms with Crippen molar-refractivity contribution >= 4 is 39.1 Å². The maximum absolute atomic E-state index is 12.6. The van der Waals surface area contributed by atoms with Crippen LogP contribution in [0.25, 0.3) is 0 Å². The lowest BCUT2D eigenvalue weighted by Crippen LogP contribution is -2.12. The summed E-state index contributed by atoms with van der Waals surface area (Å²) in [5, 5.41) is 5.81. The van der Waals surface area contributed by atoms with Crippen molar-refractivity contribution < 1.29 is 13.6 Å². The molecule has 0 radical (unpaired) electrons. The molecule has 0 aliphatic rings. The van der Waals surface area contributed by atoms with Crippen LogP contribution in [0.4, 0.5) is 14.5 Å². The number of aromatic nitrogens is 2. The largest absolute Gasteiger partial charge is 0.321 e. The molecule has 0 unspecified atom stereocenters. The molecule has 0 saturated carbocycles. The zero-order valence-corrected chi connectivity index (χ0v) is 12.1. The van der Waals surface area contributed by atoms with E-state index in [0.29, 0.717) is 17.2 Å². The third kappa shape index (κ3) is 3.13. The minimum atomic E-state index is -2.81. The van der Waals surface area contributed by atoms with Gasteiger partial charge in [0.2, 0.25) is 0 Å². The van der Waals surface area contributed by atoms with E-state index in [9.17, 15) is 13.6 Å². The molecular weight excluding hydrogens is 340 g/mol. The van der Waals surface area contributed by atoms with Crippen LogP contribution in [0.15, 0.2) is 22.7 Å². The highest BCUT2D eigenvalue weighted by molar-refractivity contribution is 9.10. The van der Waals surface area contributed by atoms with Gasteiger partial charge in [0.25, 0.3) is 12.3 Å². The number of anilines is 1. The quantitative estimate of drug-likeness (QED) is 0.918. The van der Waals surface area contributed by atoms with Crippen LogP contribution in [-0.4, -0.2) is 15.5 Å². The van der Waals surface area contributed by atoms with E-state index in [-0.39, 0.29) is 4.88 Å². The molecule has 0 aliphatic carbocycles. The van der Waals surface area contributed by atoms with Gasteiger partial charge in [-0.2, -0.15) is 0 Å². The molecule has 4 nitrogen and oxygen atoms in total. The maximum Gasteiger partial charge on any atom is 0.283 e. The van der Waals surface area contributed by atoms with Crippen molar-refractivity contribution in [3.8, 4) is 0 Å². The SMILES string of the molecule is Cc1cc(NC(=O)c2snnc2C(F)F)ccc1Br. The molecule has 0 aliphatic heterocycles. The summed E-state index contributed by atoms with van der Waals surface area (Å²) < 4.78 is 29.5. The third-order valence-electron chi connectivity index (χ3n) is 2.34. The highest BCUT2D eigenvalue weighted by Gasteiger charge is 2.23. The molecule has 0 bridgehead atoms. The first-order chi connectivity index (χ1) is 8.99. The summed E-state index contributed by atoms with van der Waals surface area (Å²) in [5.41, 5.74) is 0.866. The van der Waals surface area contributed by atoms with E-state index in [2.05, 4.69) is 30.8 Å². The molecule has 2 aromatic rings. The lowest BCUT2D eigenvalue weighted by Gasteiger charge is -2.06. The zero-order valence-electron chi connectivity index (χ0n) is 9.65. The molecule has 0 saturated heterocycles. The molecule has 2 rings (SSSR count). The van der Waals surface area contributed by atoms with Gasteiger partial charge in [-0.1, -0.05) is 20.4 Å². The van der Waals surface area contributed by atoms with Crippen LogP contribution in [0.1, 0.15) is 27.4 Å². The number of halogens is 3. The summed E-state index contributed by atoms with van der Waals surface area (Å²) in [4.78, 5) is 11.7. The molecule has 1 aromatic carbocycles. The van der Waals surface area contributed by atoms with Gasteiger partial charge in [0.05, 0.1) is 0 Å². The molecule has 0 fully saturated rings. The minimum Gasteiger partial charge on any atom is -0.321 e. The van der Waals surface area contributed by atoms with Gasteiger partial charge in [-0.3, -0.25) is 4.79 Å². The summed E-state index contributed by atoms with van der Waals surface area (Å²) in [6.45, 7) is 1.86. The van der Waals surface area contributed by atoms with Gasteiger partial charge in [0.1, 0.15) is 4.88 Å². The first kappa shape index (κ1) is 14.0. The number of aryl methyl sites for hydroxylation is 1. The Balaban J connectivity index is 2.21. The Kier molecular flexibility index (Phi) is 4.20. The Morgan fingerprint density at radius 1 is 1.47 bits per heavy atom. The van der Waals surface area contributed by atoms with E-state index in [0.717, 1.165) is 10.0 Å². The van der Waals surface area contributed by atoms with E-state index in [4.69, 9.17) is 0 Å². The average Bonchev–Trinajstić information content (AvgIpc) is 2.83. The van der Waals surface area contributed by atoms with Gasteiger partial charge in [0, 0.05) is 10.2 Å². The Labute approximate surface area is 120 Å². The number of amides is 1. The molecule has 1 aromatic heterocycles. The summed E-state index contributed by atoms with van der Waals surface area (Å²) in [6.07, 6.45) is -2.81. The van der Waals surface area contributed by atoms with E-state index >= 15 is 0 Å². The molecule has 1 heterocycles. The van der Waals surface area contributed by atoms with E-state index < -0.39 is 18.0 Å². The lowest BCUT2D eigenvalue weighted by molar-refractivity contribution is 0.101. The summed E-state index contributed by atoms with van der Waals surface area (Å²) in [5.74, 6) is -0.632. The van der Waals surface area contributed by atoms with Crippen molar-refractivity contribution in [3.05, 3.63) is 38.8 Å². The van der Waals surface area contributed by atoms with E-state index in [1.54, 1.807) is 18.2 Å². The van der Waals surface area contributed by atoms with Crippen molar-refractivity contribution in [2.75, 3.05) is 5.32 Å². The van der Waals surface area contributed by atoms with Crippen LogP contribution in [0.2, 0.25) is 0 Å². The fourth-order valence-electron chi connectivity index (χ4n) is 1.41. The van der Waals surface area contributed by atoms with Crippen LogP contribution in [0.3, 0.4) is 0 Å². The third-order valence-corrected chi connectivity index (χ3v) is 3.97. The fraction of sp³-hybridized carbons (Fsp3) is 0.182. The molecule has 100 valence electrons. The predicted molar refractivity (Wildman–Crippen MR) is 71.7 cm³/mol. The molecule has 0 atom stereocenters. The van der Waals surface area contributed by atoms with Crippen LogP contribution in [-0.2, 0) is 0 Å². The normalized spacial score (nSPS) is 10.8. The number of hydrogen-bond donors (Lipinski definition) is 1. The van der Waals surface area contributed by atoms with Crippen molar-refractivity contribution in [2.24, 2.45) is 0 Å². The topological polar surface area (TPSA) is 54.9 Å². The highest BCUT2D eigenvalue weighted by Crippen LogP contribution is 2.25. The summed E-state index contributed by atoms with van der Waals surface area (Å²) in [7, 11) is 0. The number of alkyl halides is 2. The number of hydrogen-bond acceptors (Lipinski definition) is 4. The maximum atomic E-state index is 12.6. The standard InChI is InChI=1S/C11H8BrF2N3OS/c1-5-4-6(2-3-7(5)12)15-11(18)9-8(10(13)14)16-17-19-9/h2-4,10H,1H3,(H,15,18). The second-order valence-electron chi connectivity index (χ2n) is 3.71. The van der Waals surface area contributed by atoms with E-state index in [1.165, 1.54) is 0 Å². The second-order valence-corrected chi connectivity index (χ2v) is 5.31. The molecular formula is C11H8BrF2N3OS. The first-order valence-electron chi connectivity index (χ1n) is 5.17. The van der Waals surface area contributed by atoms with Gasteiger partial charge < -0.3 is 5.32 Å².